The highest BCUT2D eigenvalue weighted by Gasteiger charge is 2.12. The van der Waals surface area contributed by atoms with E-state index in [1.54, 1.807) is 7.11 Å². The molecule has 0 saturated carbocycles. The molecule has 2 aromatic carbocycles. The van der Waals surface area contributed by atoms with Crippen LogP contribution in [0.25, 0.3) is 22.3 Å². The van der Waals surface area contributed by atoms with E-state index >= 15 is 0 Å². The molecule has 0 fully saturated rings. The normalized spacial score (nSPS) is 10.9. The Bertz CT molecular complexity index is 810. The van der Waals surface area contributed by atoms with Crippen molar-refractivity contribution >= 4 is 22.5 Å². The van der Waals surface area contributed by atoms with Crippen molar-refractivity contribution in [1.82, 2.24) is 9.97 Å². The molecular weight excluding hydrogens is 284 g/mol. The predicted molar refractivity (Wildman–Crippen MR) is 86.0 cm³/mol. The van der Waals surface area contributed by atoms with E-state index in [0.29, 0.717) is 11.0 Å². The molecule has 3 aromatic rings. The zero-order chi connectivity index (χ0) is 15.0. The second-order valence-corrected chi connectivity index (χ2v) is 5.35. The summed E-state index contributed by atoms with van der Waals surface area (Å²) in [6.07, 6.45) is 0. The van der Waals surface area contributed by atoms with Crippen LogP contribution in [0.5, 0.6) is 5.75 Å². The first-order chi connectivity index (χ1) is 10.1. The van der Waals surface area contributed by atoms with Gasteiger partial charge in [0, 0.05) is 10.9 Å². The number of methoxy groups -OCH3 is 1. The average Bonchev–Trinajstić information content (AvgIpc) is 2.47. The fourth-order valence-electron chi connectivity index (χ4n) is 2.48. The lowest BCUT2D eigenvalue weighted by molar-refractivity contribution is 0.415. The maximum atomic E-state index is 6.34. The smallest absolute Gasteiger partial charge is 0.162 e. The van der Waals surface area contributed by atoms with Crippen molar-refractivity contribution in [3.05, 3.63) is 52.7 Å². The van der Waals surface area contributed by atoms with Gasteiger partial charge in [-0.3, -0.25) is 0 Å². The maximum Gasteiger partial charge on any atom is 0.162 e. The summed E-state index contributed by atoms with van der Waals surface area (Å²) in [4.78, 5) is 9.12. The highest BCUT2D eigenvalue weighted by atomic mass is 35.5. The van der Waals surface area contributed by atoms with Crippen LogP contribution >= 0.6 is 11.6 Å². The molecule has 4 heteroatoms. The highest BCUT2D eigenvalue weighted by molar-refractivity contribution is 6.34. The monoisotopic (exact) mass is 298 g/mol. The Morgan fingerprint density at radius 2 is 1.71 bits per heavy atom. The van der Waals surface area contributed by atoms with E-state index in [-0.39, 0.29) is 0 Å². The largest absolute Gasteiger partial charge is 0.497 e. The van der Waals surface area contributed by atoms with Crippen molar-refractivity contribution in [2.75, 3.05) is 7.11 Å². The van der Waals surface area contributed by atoms with Crippen LogP contribution in [-0.2, 0) is 0 Å². The molecule has 0 aliphatic rings. The highest BCUT2D eigenvalue weighted by Crippen LogP contribution is 2.30. The van der Waals surface area contributed by atoms with Crippen LogP contribution in [0.3, 0.4) is 0 Å². The van der Waals surface area contributed by atoms with E-state index in [4.69, 9.17) is 16.3 Å². The van der Waals surface area contributed by atoms with Gasteiger partial charge in [0.25, 0.3) is 0 Å². The maximum absolute atomic E-state index is 6.34. The standard InChI is InChI=1S/C17H15ClN2O/c1-10-5-4-6-11(2)15(10)17-19-14-8-7-12(21-3)9-13(14)16(18)20-17/h4-9H,1-3H3. The first kappa shape index (κ1) is 13.8. The Balaban J connectivity index is 2.26. The van der Waals surface area contributed by atoms with Crippen molar-refractivity contribution in [1.29, 1.82) is 0 Å². The van der Waals surface area contributed by atoms with E-state index in [1.165, 1.54) is 0 Å². The number of aryl methyl sites for hydroxylation is 2. The number of hydrogen-bond acceptors (Lipinski definition) is 3. The minimum Gasteiger partial charge on any atom is -0.497 e. The van der Waals surface area contributed by atoms with E-state index in [2.05, 4.69) is 35.9 Å². The molecule has 0 saturated heterocycles. The molecule has 3 nitrogen and oxygen atoms in total. The number of aromatic nitrogens is 2. The molecule has 0 N–H and O–H groups in total. The zero-order valence-electron chi connectivity index (χ0n) is 12.1. The van der Waals surface area contributed by atoms with Gasteiger partial charge < -0.3 is 4.74 Å². The lowest BCUT2D eigenvalue weighted by atomic mass is 10.0. The first-order valence-corrected chi connectivity index (χ1v) is 7.06. The minimum atomic E-state index is 0.441. The molecule has 0 spiro atoms. The van der Waals surface area contributed by atoms with E-state index in [9.17, 15) is 0 Å². The molecule has 0 aliphatic carbocycles. The molecule has 0 unspecified atom stereocenters. The molecule has 106 valence electrons. The zero-order valence-corrected chi connectivity index (χ0v) is 12.9. The fourth-order valence-corrected chi connectivity index (χ4v) is 2.71. The van der Waals surface area contributed by atoms with Gasteiger partial charge in [-0.2, -0.15) is 0 Å². The summed E-state index contributed by atoms with van der Waals surface area (Å²) in [6, 6.07) is 11.8. The summed E-state index contributed by atoms with van der Waals surface area (Å²) in [7, 11) is 1.63. The summed E-state index contributed by atoms with van der Waals surface area (Å²) >= 11 is 6.34. The second-order valence-electron chi connectivity index (χ2n) is 4.99. The van der Waals surface area contributed by atoms with Crippen LogP contribution in [0.4, 0.5) is 0 Å². The Hall–Kier alpha value is -2.13. The third kappa shape index (κ3) is 2.45. The minimum absolute atomic E-state index is 0.441. The molecule has 0 bridgehead atoms. The number of nitrogens with zero attached hydrogens (tertiary/aromatic N) is 2. The van der Waals surface area contributed by atoms with Crippen LogP contribution in [-0.4, -0.2) is 17.1 Å². The average molecular weight is 299 g/mol. The Kier molecular flexibility index (Phi) is 3.52. The van der Waals surface area contributed by atoms with E-state index < -0.39 is 0 Å². The van der Waals surface area contributed by atoms with Crippen molar-refractivity contribution < 1.29 is 4.74 Å². The molecule has 0 radical (unpaired) electrons. The lowest BCUT2D eigenvalue weighted by Crippen LogP contribution is -1.96. The number of rotatable bonds is 2. The SMILES string of the molecule is COc1ccc2nc(-c3c(C)cccc3C)nc(Cl)c2c1. The summed E-state index contributed by atoms with van der Waals surface area (Å²) in [5.41, 5.74) is 4.13. The molecule has 0 atom stereocenters. The second kappa shape index (κ2) is 5.34. The van der Waals surface area contributed by atoms with Gasteiger partial charge in [-0.15, -0.1) is 0 Å². The van der Waals surface area contributed by atoms with Gasteiger partial charge in [0.05, 0.1) is 12.6 Å². The summed E-state index contributed by atoms with van der Waals surface area (Å²) in [6.45, 7) is 4.11. The molecular formula is C17H15ClN2O. The van der Waals surface area contributed by atoms with E-state index in [1.807, 2.05) is 24.3 Å². The number of ether oxygens (including phenoxy) is 1. The van der Waals surface area contributed by atoms with Gasteiger partial charge in [0.2, 0.25) is 0 Å². The molecule has 0 aliphatic heterocycles. The topological polar surface area (TPSA) is 35.0 Å². The predicted octanol–water partition coefficient (Wildman–Crippen LogP) is 4.58. The van der Waals surface area contributed by atoms with Crippen molar-refractivity contribution in [2.45, 2.75) is 13.8 Å². The van der Waals surface area contributed by atoms with Gasteiger partial charge in [-0.25, -0.2) is 9.97 Å². The molecule has 0 amide bonds. The molecule has 1 aromatic heterocycles. The number of fused-ring (bicyclic) bond motifs is 1. The van der Waals surface area contributed by atoms with Crippen LogP contribution in [0.2, 0.25) is 5.15 Å². The van der Waals surface area contributed by atoms with Gasteiger partial charge >= 0.3 is 0 Å². The fraction of sp³-hybridized carbons (Fsp3) is 0.176. The number of benzene rings is 2. The molecule has 1 heterocycles. The molecule has 3 rings (SSSR count). The Morgan fingerprint density at radius 1 is 1.00 bits per heavy atom. The van der Waals surface area contributed by atoms with Crippen LogP contribution < -0.4 is 4.74 Å². The van der Waals surface area contributed by atoms with Crippen LogP contribution in [0, 0.1) is 13.8 Å². The number of halogens is 1. The first-order valence-electron chi connectivity index (χ1n) is 6.68. The summed E-state index contributed by atoms with van der Waals surface area (Å²) < 4.78 is 5.22. The summed E-state index contributed by atoms with van der Waals surface area (Å²) in [5.74, 6) is 1.40. The van der Waals surface area contributed by atoms with Crippen molar-refractivity contribution in [2.24, 2.45) is 0 Å². The Morgan fingerprint density at radius 3 is 2.38 bits per heavy atom. The van der Waals surface area contributed by atoms with Gasteiger partial charge in [0.1, 0.15) is 10.9 Å². The third-order valence-corrected chi connectivity index (χ3v) is 3.85. The lowest BCUT2D eigenvalue weighted by Gasteiger charge is -2.10. The van der Waals surface area contributed by atoms with Gasteiger partial charge in [-0.05, 0) is 43.2 Å². The van der Waals surface area contributed by atoms with Crippen LogP contribution in [0.1, 0.15) is 11.1 Å². The molecule has 21 heavy (non-hydrogen) atoms. The summed E-state index contributed by atoms with van der Waals surface area (Å²) in [5, 5.41) is 1.24. The van der Waals surface area contributed by atoms with Crippen molar-refractivity contribution in [3.8, 4) is 17.1 Å². The van der Waals surface area contributed by atoms with Gasteiger partial charge in [-0.1, -0.05) is 29.8 Å². The quantitative estimate of drug-likeness (QED) is 0.650. The van der Waals surface area contributed by atoms with Crippen LogP contribution in [0.15, 0.2) is 36.4 Å². The Labute approximate surface area is 128 Å². The third-order valence-electron chi connectivity index (χ3n) is 3.56. The van der Waals surface area contributed by atoms with Crippen molar-refractivity contribution in [3.63, 3.8) is 0 Å². The van der Waals surface area contributed by atoms with Gasteiger partial charge in [0.15, 0.2) is 5.82 Å². The number of hydrogen-bond donors (Lipinski definition) is 0. The van der Waals surface area contributed by atoms with E-state index in [0.717, 1.165) is 33.3 Å².